The molecule has 0 saturated heterocycles. The molecule has 30 heavy (non-hydrogen) atoms. The van der Waals surface area contributed by atoms with E-state index in [9.17, 15) is 4.79 Å². The van der Waals surface area contributed by atoms with Crippen molar-refractivity contribution in [3.63, 3.8) is 0 Å². The fraction of sp³-hybridized carbons (Fsp3) is 0. The minimum absolute atomic E-state index is 0.222. The first-order chi connectivity index (χ1) is 14.6. The molecule has 4 rings (SSSR count). The van der Waals surface area contributed by atoms with E-state index in [0.717, 1.165) is 20.0 Å². The molecule has 1 amide bonds. The number of carbonyl (C=O) groups is 1. The van der Waals surface area contributed by atoms with Gasteiger partial charge in [0.25, 0.3) is 5.91 Å². The van der Waals surface area contributed by atoms with Crippen LogP contribution in [-0.4, -0.2) is 25.8 Å². The van der Waals surface area contributed by atoms with Crippen molar-refractivity contribution in [3.8, 4) is 11.4 Å². The van der Waals surface area contributed by atoms with Crippen molar-refractivity contribution in [1.82, 2.24) is 30.9 Å². The second-order valence-electron chi connectivity index (χ2n) is 6.16. The first-order valence-corrected chi connectivity index (χ1v) is 9.96. The molecule has 9 nitrogen and oxygen atoms in total. The summed E-state index contributed by atoms with van der Waals surface area (Å²) in [5, 5.41) is 3.81. The Morgan fingerprint density at radius 1 is 1.17 bits per heavy atom. The van der Waals surface area contributed by atoms with Crippen LogP contribution in [0.25, 0.3) is 22.3 Å². The lowest BCUT2D eigenvalue weighted by Crippen LogP contribution is -2.32. The van der Waals surface area contributed by atoms with Crippen LogP contribution in [-0.2, 0) is 0 Å². The predicted molar refractivity (Wildman–Crippen MR) is 124 cm³/mol. The Morgan fingerprint density at radius 3 is 2.90 bits per heavy atom. The highest BCUT2D eigenvalue weighted by molar-refractivity contribution is 14.1. The molecule has 0 radical (unpaired) electrons. The Morgan fingerprint density at radius 2 is 2.07 bits per heavy atom. The Labute approximate surface area is 185 Å². The summed E-state index contributed by atoms with van der Waals surface area (Å²) in [4.78, 5) is 28.6. The molecule has 0 aliphatic rings. The van der Waals surface area contributed by atoms with Crippen molar-refractivity contribution < 1.29 is 4.79 Å². The molecule has 10 heteroatoms. The minimum atomic E-state index is -0.222. The van der Waals surface area contributed by atoms with Crippen molar-refractivity contribution in [3.05, 3.63) is 77.0 Å². The Balaban J connectivity index is 1.57. The van der Waals surface area contributed by atoms with Gasteiger partial charge in [0.1, 0.15) is 11.5 Å². The summed E-state index contributed by atoms with van der Waals surface area (Å²) in [5.41, 5.74) is 11.1. The van der Waals surface area contributed by atoms with Crippen LogP contribution in [0.5, 0.6) is 0 Å². The number of hydrogen-bond acceptors (Lipinski definition) is 7. The van der Waals surface area contributed by atoms with Gasteiger partial charge in [-0.25, -0.2) is 9.97 Å². The third-order valence-corrected chi connectivity index (χ3v) is 5.03. The molecule has 0 saturated carbocycles. The molecule has 150 valence electrons. The van der Waals surface area contributed by atoms with Crippen molar-refractivity contribution in [1.29, 1.82) is 0 Å². The number of pyridine rings is 1. The molecule has 0 aliphatic carbocycles. The number of anilines is 2. The topological polar surface area (TPSA) is 120 Å². The molecule has 1 aromatic carbocycles. The molecule has 5 N–H and O–H groups in total. The highest BCUT2D eigenvalue weighted by atomic mass is 127. The van der Waals surface area contributed by atoms with E-state index in [1.54, 1.807) is 30.7 Å². The van der Waals surface area contributed by atoms with E-state index in [0.29, 0.717) is 23.0 Å². The SMILES string of the molecule is C=CNNNc1ccnc(-c2ccc3cc(C(=O)Nc4ccncc4I)[nH]c3c2)n1. The number of hydrazine groups is 2. The number of aromatic amines is 1. The zero-order chi connectivity index (χ0) is 20.9. The average molecular weight is 512 g/mol. The number of carbonyl (C=O) groups excluding carboxylic acids is 1. The second-order valence-corrected chi connectivity index (χ2v) is 7.32. The molecule has 0 fully saturated rings. The maximum absolute atomic E-state index is 12.6. The van der Waals surface area contributed by atoms with Gasteiger partial charge in [0, 0.05) is 47.3 Å². The van der Waals surface area contributed by atoms with Crippen LogP contribution in [0.2, 0.25) is 0 Å². The van der Waals surface area contributed by atoms with Gasteiger partial charge in [-0.1, -0.05) is 18.7 Å². The quantitative estimate of drug-likeness (QED) is 0.146. The molecular weight excluding hydrogens is 495 g/mol. The summed E-state index contributed by atoms with van der Waals surface area (Å²) in [6.07, 6.45) is 6.49. The van der Waals surface area contributed by atoms with Gasteiger partial charge in [-0.15, -0.1) is 5.53 Å². The van der Waals surface area contributed by atoms with E-state index in [1.165, 1.54) is 6.20 Å². The van der Waals surface area contributed by atoms with Crippen LogP contribution in [0.3, 0.4) is 0 Å². The number of rotatable bonds is 7. The van der Waals surface area contributed by atoms with E-state index >= 15 is 0 Å². The van der Waals surface area contributed by atoms with Crippen LogP contribution >= 0.6 is 22.6 Å². The lowest BCUT2D eigenvalue weighted by Gasteiger charge is -2.08. The third-order valence-electron chi connectivity index (χ3n) is 4.17. The Hall–Kier alpha value is -3.51. The number of fused-ring (bicyclic) bond motifs is 1. The first-order valence-electron chi connectivity index (χ1n) is 8.88. The summed E-state index contributed by atoms with van der Waals surface area (Å²) in [5.74, 6) is 0.919. The minimum Gasteiger partial charge on any atom is -0.350 e. The van der Waals surface area contributed by atoms with Crippen LogP contribution < -0.4 is 21.7 Å². The lowest BCUT2D eigenvalue weighted by molar-refractivity contribution is 0.102. The number of amides is 1. The number of aromatic nitrogens is 4. The highest BCUT2D eigenvalue weighted by Gasteiger charge is 2.12. The maximum Gasteiger partial charge on any atom is 0.272 e. The lowest BCUT2D eigenvalue weighted by atomic mass is 10.1. The van der Waals surface area contributed by atoms with Gasteiger partial charge in [-0.3, -0.25) is 15.2 Å². The average Bonchev–Trinajstić information content (AvgIpc) is 3.19. The van der Waals surface area contributed by atoms with E-state index in [1.807, 2.05) is 24.3 Å². The summed E-state index contributed by atoms with van der Waals surface area (Å²) in [7, 11) is 0. The van der Waals surface area contributed by atoms with E-state index in [2.05, 4.69) is 70.8 Å². The largest absolute Gasteiger partial charge is 0.350 e. The normalized spacial score (nSPS) is 10.6. The standard InChI is InChI=1S/C20H17IN8O/c1-2-24-29-28-18-6-8-23-19(27-18)13-4-3-12-9-17(25-16(12)10-13)20(30)26-15-5-7-22-11-14(15)21/h2-11,24-25,29H,1H2,(H,22,26,30)(H,23,27,28). The van der Waals surface area contributed by atoms with Gasteiger partial charge in [-0.2, -0.15) is 0 Å². The zero-order valence-corrected chi connectivity index (χ0v) is 17.8. The van der Waals surface area contributed by atoms with Gasteiger partial charge >= 0.3 is 0 Å². The zero-order valence-electron chi connectivity index (χ0n) is 15.6. The van der Waals surface area contributed by atoms with Crippen molar-refractivity contribution in [2.24, 2.45) is 0 Å². The molecule has 0 aliphatic heterocycles. The van der Waals surface area contributed by atoms with E-state index in [4.69, 9.17) is 0 Å². The third kappa shape index (κ3) is 4.39. The number of benzene rings is 1. The number of nitrogens with zero attached hydrogens (tertiary/aromatic N) is 3. The molecule has 0 bridgehead atoms. The molecule has 0 atom stereocenters. The Kier molecular flexibility index (Phi) is 5.86. The number of halogens is 1. The maximum atomic E-state index is 12.6. The predicted octanol–water partition coefficient (Wildman–Crippen LogP) is 3.44. The van der Waals surface area contributed by atoms with Crippen molar-refractivity contribution >= 4 is 50.9 Å². The second kappa shape index (κ2) is 8.88. The van der Waals surface area contributed by atoms with Gasteiger partial charge in [0.2, 0.25) is 0 Å². The van der Waals surface area contributed by atoms with Gasteiger partial charge in [-0.05, 0) is 40.8 Å². The van der Waals surface area contributed by atoms with E-state index < -0.39 is 0 Å². The molecule has 4 aromatic rings. The summed E-state index contributed by atoms with van der Waals surface area (Å²) >= 11 is 2.13. The van der Waals surface area contributed by atoms with Gasteiger partial charge in [0.05, 0.1) is 9.26 Å². The number of nitrogens with one attached hydrogen (secondary N) is 5. The van der Waals surface area contributed by atoms with Crippen LogP contribution in [0.4, 0.5) is 11.5 Å². The molecule has 0 spiro atoms. The molecular formula is C20H17IN8O. The number of hydrogen-bond donors (Lipinski definition) is 5. The van der Waals surface area contributed by atoms with Crippen LogP contribution in [0, 0.1) is 3.57 Å². The summed E-state index contributed by atoms with van der Waals surface area (Å²) in [6.45, 7) is 3.55. The van der Waals surface area contributed by atoms with Crippen molar-refractivity contribution in [2.45, 2.75) is 0 Å². The van der Waals surface area contributed by atoms with Crippen LogP contribution in [0.1, 0.15) is 10.5 Å². The summed E-state index contributed by atoms with van der Waals surface area (Å²) < 4.78 is 0.866. The summed E-state index contributed by atoms with van der Waals surface area (Å²) in [6, 6.07) is 11.1. The van der Waals surface area contributed by atoms with Crippen molar-refractivity contribution in [2.75, 3.05) is 10.7 Å². The van der Waals surface area contributed by atoms with E-state index in [-0.39, 0.29) is 5.91 Å². The van der Waals surface area contributed by atoms with Gasteiger partial charge in [0.15, 0.2) is 5.82 Å². The molecule has 3 aromatic heterocycles. The first kappa shape index (κ1) is 19.8. The highest BCUT2D eigenvalue weighted by Crippen LogP contribution is 2.24. The van der Waals surface area contributed by atoms with Crippen LogP contribution in [0.15, 0.2) is 67.8 Å². The smallest absolute Gasteiger partial charge is 0.272 e. The molecule has 0 unspecified atom stereocenters. The van der Waals surface area contributed by atoms with Gasteiger partial charge < -0.3 is 15.7 Å². The fourth-order valence-electron chi connectivity index (χ4n) is 2.77. The molecule has 3 heterocycles. The number of H-pyrrole nitrogens is 1. The monoisotopic (exact) mass is 512 g/mol. The fourth-order valence-corrected chi connectivity index (χ4v) is 3.25. The Bertz CT molecular complexity index is 1220.